The Labute approximate surface area is 85.8 Å². The fraction of sp³-hybridized carbons (Fsp3) is 1.00. The van der Waals surface area contributed by atoms with E-state index in [0.29, 0.717) is 26.1 Å². The first-order valence-electron chi connectivity index (χ1n) is 5.15. The molecule has 0 aliphatic carbocycles. The zero-order chi connectivity index (χ0) is 10.8. The molecule has 0 aromatic heterocycles. The second kappa shape index (κ2) is 9.40. The maximum atomic E-state index is 8.64. The maximum Gasteiger partial charge on any atom is 0.0780 e. The van der Waals surface area contributed by atoms with Crippen LogP contribution in [0.2, 0.25) is 0 Å². The molecule has 2 N–H and O–H groups in total. The lowest BCUT2D eigenvalue weighted by Crippen LogP contribution is -2.21. The summed E-state index contributed by atoms with van der Waals surface area (Å²) in [6, 6.07) is 0. The van der Waals surface area contributed by atoms with Crippen LogP contribution in [-0.2, 0) is 9.47 Å². The van der Waals surface area contributed by atoms with Crippen LogP contribution in [0.25, 0.3) is 0 Å². The van der Waals surface area contributed by atoms with Crippen LogP contribution in [-0.4, -0.2) is 48.8 Å². The minimum atomic E-state index is 0.0442. The van der Waals surface area contributed by atoms with E-state index < -0.39 is 0 Å². The first kappa shape index (κ1) is 13.8. The van der Waals surface area contributed by atoms with Crippen molar-refractivity contribution >= 4 is 0 Å². The quantitative estimate of drug-likeness (QED) is 0.541. The van der Waals surface area contributed by atoms with Crippen LogP contribution in [0.5, 0.6) is 0 Å². The predicted octanol–water partition coefficient (Wildman–Crippen LogP) is 0.561. The molecule has 0 rings (SSSR count). The van der Waals surface area contributed by atoms with Gasteiger partial charge in [-0.1, -0.05) is 0 Å². The molecular formula is C10H22O4. The minimum Gasteiger partial charge on any atom is -0.396 e. The molecule has 2 atom stereocenters. The first-order valence-corrected chi connectivity index (χ1v) is 5.15. The monoisotopic (exact) mass is 206 g/mol. The third-order valence-corrected chi connectivity index (χ3v) is 1.86. The number of rotatable bonds is 9. The Morgan fingerprint density at radius 2 is 1.71 bits per heavy atom. The molecule has 0 aliphatic rings. The van der Waals surface area contributed by atoms with Crippen molar-refractivity contribution in [2.24, 2.45) is 0 Å². The standard InChI is InChI=1S/C10H22O4/c1-9(4-6-12)14-8-10(2)13-7-3-5-11/h9-12H,3-8H2,1-2H3. The molecule has 0 aliphatic heterocycles. The van der Waals surface area contributed by atoms with Crippen molar-refractivity contribution in [2.45, 2.75) is 38.9 Å². The highest BCUT2D eigenvalue weighted by Gasteiger charge is 2.06. The van der Waals surface area contributed by atoms with Crippen molar-refractivity contribution < 1.29 is 19.7 Å². The summed E-state index contributed by atoms with van der Waals surface area (Å²) in [5, 5.41) is 17.2. The summed E-state index contributed by atoms with van der Waals surface area (Å²) >= 11 is 0. The molecule has 0 aromatic rings. The molecule has 86 valence electrons. The Bertz CT molecular complexity index is 119. The second-order valence-corrected chi connectivity index (χ2v) is 3.41. The molecule has 0 heterocycles. The van der Waals surface area contributed by atoms with E-state index >= 15 is 0 Å². The van der Waals surface area contributed by atoms with Crippen molar-refractivity contribution in [1.29, 1.82) is 0 Å². The molecule has 0 radical (unpaired) electrons. The number of hydrogen-bond acceptors (Lipinski definition) is 4. The second-order valence-electron chi connectivity index (χ2n) is 3.41. The Morgan fingerprint density at radius 1 is 1.00 bits per heavy atom. The SMILES string of the molecule is CC(CCO)OCC(C)OCCCO. The molecule has 2 unspecified atom stereocenters. The zero-order valence-corrected chi connectivity index (χ0v) is 9.11. The minimum absolute atomic E-state index is 0.0442. The van der Waals surface area contributed by atoms with E-state index in [0.717, 1.165) is 0 Å². The number of aliphatic hydroxyl groups is 2. The molecule has 0 spiro atoms. The lowest BCUT2D eigenvalue weighted by molar-refractivity contribution is -0.0389. The molecule has 0 fully saturated rings. The molecule has 14 heavy (non-hydrogen) atoms. The summed E-state index contributed by atoms with van der Waals surface area (Å²) in [5.74, 6) is 0. The van der Waals surface area contributed by atoms with Crippen LogP contribution in [0.15, 0.2) is 0 Å². The van der Waals surface area contributed by atoms with Gasteiger partial charge in [0.15, 0.2) is 0 Å². The third kappa shape index (κ3) is 8.44. The van der Waals surface area contributed by atoms with Gasteiger partial charge in [-0.05, 0) is 26.7 Å². The van der Waals surface area contributed by atoms with Gasteiger partial charge in [-0.15, -0.1) is 0 Å². The summed E-state index contributed by atoms with van der Waals surface area (Å²) in [6.45, 7) is 5.27. The van der Waals surface area contributed by atoms with E-state index in [-0.39, 0.29) is 25.4 Å². The van der Waals surface area contributed by atoms with Crippen LogP contribution in [0, 0.1) is 0 Å². The van der Waals surface area contributed by atoms with Gasteiger partial charge in [-0.25, -0.2) is 0 Å². The van der Waals surface area contributed by atoms with Gasteiger partial charge in [0.25, 0.3) is 0 Å². The largest absolute Gasteiger partial charge is 0.396 e. The smallest absolute Gasteiger partial charge is 0.0780 e. The summed E-state index contributed by atoms with van der Waals surface area (Å²) in [7, 11) is 0. The lowest BCUT2D eigenvalue weighted by atomic mass is 10.3. The van der Waals surface area contributed by atoms with Crippen LogP contribution < -0.4 is 0 Å². The molecule has 0 bridgehead atoms. The van der Waals surface area contributed by atoms with Crippen molar-refractivity contribution in [1.82, 2.24) is 0 Å². The highest BCUT2D eigenvalue weighted by molar-refractivity contribution is 4.52. The van der Waals surface area contributed by atoms with Gasteiger partial charge in [0.2, 0.25) is 0 Å². The molecule has 0 aromatic carbocycles. The van der Waals surface area contributed by atoms with Gasteiger partial charge in [-0.3, -0.25) is 0 Å². The van der Waals surface area contributed by atoms with Crippen LogP contribution in [0.4, 0.5) is 0 Å². The fourth-order valence-electron chi connectivity index (χ4n) is 0.962. The first-order chi connectivity index (χ1) is 6.70. The number of aliphatic hydroxyl groups excluding tert-OH is 2. The molecule has 4 nitrogen and oxygen atoms in total. The van der Waals surface area contributed by atoms with Gasteiger partial charge in [0, 0.05) is 19.8 Å². The molecular weight excluding hydrogens is 184 g/mol. The normalized spacial score (nSPS) is 15.4. The average Bonchev–Trinajstić information content (AvgIpc) is 2.16. The molecule has 0 saturated carbocycles. The van der Waals surface area contributed by atoms with Crippen molar-refractivity contribution in [3.63, 3.8) is 0 Å². The van der Waals surface area contributed by atoms with E-state index in [2.05, 4.69) is 0 Å². The van der Waals surface area contributed by atoms with Crippen molar-refractivity contribution in [3.8, 4) is 0 Å². The van der Waals surface area contributed by atoms with E-state index in [1.807, 2.05) is 13.8 Å². The summed E-state index contributed by atoms with van der Waals surface area (Å²) < 4.78 is 10.8. The topological polar surface area (TPSA) is 58.9 Å². The van der Waals surface area contributed by atoms with E-state index in [9.17, 15) is 0 Å². The van der Waals surface area contributed by atoms with Gasteiger partial charge in [0.1, 0.15) is 0 Å². The Kier molecular flexibility index (Phi) is 9.29. The van der Waals surface area contributed by atoms with Crippen molar-refractivity contribution in [3.05, 3.63) is 0 Å². The third-order valence-electron chi connectivity index (χ3n) is 1.86. The number of hydrogen-bond donors (Lipinski definition) is 2. The molecule has 4 heteroatoms. The van der Waals surface area contributed by atoms with E-state index in [4.69, 9.17) is 19.7 Å². The molecule has 0 amide bonds. The molecule has 0 saturated heterocycles. The van der Waals surface area contributed by atoms with E-state index in [1.54, 1.807) is 0 Å². The van der Waals surface area contributed by atoms with Gasteiger partial charge < -0.3 is 19.7 Å². The van der Waals surface area contributed by atoms with Gasteiger partial charge in [-0.2, -0.15) is 0 Å². The lowest BCUT2D eigenvalue weighted by Gasteiger charge is -2.16. The van der Waals surface area contributed by atoms with Crippen molar-refractivity contribution in [2.75, 3.05) is 26.4 Å². The van der Waals surface area contributed by atoms with E-state index in [1.165, 1.54) is 0 Å². The predicted molar refractivity (Wildman–Crippen MR) is 54.2 cm³/mol. The van der Waals surface area contributed by atoms with Crippen LogP contribution in [0.1, 0.15) is 26.7 Å². The van der Waals surface area contributed by atoms with Gasteiger partial charge in [0.05, 0.1) is 18.8 Å². The highest BCUT2D eigenvalue weighted by Crippen LogP contribution is 2.00. The van der Waals surface area contributed by atoms with Gasteiger partial charge >= 0.3 is 0 Å². The Morgan fingerprint density at radius 3 is 2.29 bits per heavy atom. The highest BCUT2D eigenvalue weighted by atomic mass is 16.5. The van der Waals surface area contributed by atoms with Crippen LogP contribution in [0.3, 0.4) is 0 Å². The summed E-state index contributed by atoms with van der Waals surface area (Å²) in [6.07, 6.45) is 1.44. The Balaban J connectivity index is 3.29. The summed E-state index contributed by atoms with van der Waals surface area (Å²) in [5.41, 5.74) is 0. The number of ether oxygens (including phenoxy) is 2. The average molecular weight is 206 g/mol. The fourth-order valence-corrected chi connectivity index (χ4v) is 0.962. The van der Waals surface area contributed by atoms with Crippen LogP contribution >= 0.6 is 0 Å². The zero-order valence-electron chi connectivity index (χ0n) is 9.11. The summed E-state index contributed by atoms with van der Waals surface area (Å²) in [4.78, 5) is 0. The maximum absolute atomic E-state index is 8.64. The Hall–Kier alpha value is -0.160.